The van der Waals surface area contributed by atoms with E-state index in [-0.39, 0.29) is 11.8 Å². The van der Waals surface area contributed by atoms with Crippen LogP contribution in [0.15, 0.2) is 36.4 Å². The first-order valence-corrected chi connectivity index (χ1v) is 12.3. The van der Waals surface area contributed by atoms with Crippen LogP contribution in [0.25, 0.3) is 11.0 Å². The normalized spacial score (nSPS) is 20.6. The minimum Gasteiger partial charge on any atom is -0.420 e. The molecule has 37 heavy (non-hydrogen) atoms. The zero-order valence-corrected chi connectivity index (χ0v) is 21.9. The summed E-state index contributed by atoms with van der Waals surface area (Å²) in [4.78, 5) is 18.0. The van der Waals surface area contributed by atoms with Crippen molar-refractivity contribution in [3.63, 3.8) is 0 Å². The molecule has 5 rings (SSSR count). The molecule has 2 aromatic carbocycles. The molecule has 0 radical (unpaired) electrons. The molecule has 196 valence electrons. The number of amides is 1. The van der Waals surface area contributed by atoms with Gasteiger partial charge in [-0.1, -0.05) is 0 Å². The SMILES string of the molecule is CC1COCc2nc3cc(C(=O)Nc4ccc(OC(F)(F)Cl)cc4)cc(B4OC(C)(C)C(C)(C)O4)c3n21. The van der Waals surface area contributed by atoms with Gasteiger partial charge in [0.05, 0.1) is 34.9 Å². The fourth-order valence-electron chi connectivity index (χ4n) is 4.51. The molecule has 1 unspecified atom stereocenters. The second-order valence-electron chi connectivity index (χ2n) is 10.3. The van der Waals surface area contributed by atoms with Crippen molar-refractivity contribution in [3.8, 4) is 5.75 Å². The number of nitrogens with zero attached hydrogens (tertiary/aromatic N) is 2. The Balaban J connectivity index is 1.52. The fourth-order valence-corrected chi connectivity index (χ4v) is 4.60. The molecule has 1 atom stereocenters. The number of alkyl halides is 3. The lowest BCUT2D eigenvalue weighted by Gasteiger charge is -2.32. The number of fused-ring (bicyclic) bond motifs is 3. The zero-order chi connectivity index (χ0) is 26.8. The summed E-state index contributed by atoms with van der Waals surface area (Å²) in [5, 5.41) is 2.78. The van der Waals surface area contributed by atoms with Crippen LogP contribution in [-0.2, 0) is 20.7 Å². The Labute approximate surface area is 218 Å². The molecule has 1 fully saturated rings. The van der Waals surface area contributed by atoms with Crippen LogP contribution in [0.1, 0.15) is 56.8 Å². The van der Waals surface area contributed by atoms with Gasteiger partial charge in [-0.3, -0.25) is 4.79 Å². The molecular formula is C25H27BClF2N3O5. The van der Waals surface area contributed by atoms with Gasteiger partial charge in [0.15, 0.2) is 0 Å². The molecule has 3 aromatic rings. The van der Waals surface area contributed by atoms with E-state index in [1.807, 2.05) is 34.6 Å². The smallest absolute Gasteiger partial charge is 0.420 e. The molecule has 12 heteroatoms. The third-order valence-corrected chi connectivity index (χ3v) is 7.11. The molecule has 0 bridgehead atoms. The lowest BCUT2D eigenvalue weighted by Crippen LogP contribution is -2.41. The van der Waals surface area contributed by atoms with E-state index in [1.54, 1.807) is 12.1 Å². The predicted molar refractivity (Wildman–Crippen MR) is 136 cm³/mol. The number of hydrogen-bond acceptors (Lipinski definition) is 6. The van der Waals surface area contributed by atoms with Gasteiger partial charge in [0.2, 0.25) is 0 Å². The van der Waals surface area contributed by atoms with Gasteiger partial charge in [0.25, 0.3) is 5.91 Å². The van der Waals surface area contributed by atoms with Crippen molar-refractivity contribution in [1.29, 1.82) is 0 Å². The number of nitrogens with one attached hydrogen (secondary N) is 1. The summed E-state index contributed by atoms with van der Waals surface area (Å²) < 4.78 is 50.6. The maximum Gasteiger partial charge on any atom is 0.497 e. The van der Waals surface area contributed by atoms with E-state index in [4.69, 9.17) is 30.6 Å². The number of anilines is 1. The van der Waals surface area contributed by atoms with E-state index in [1.165, 1.54) is 24.3 Å². The van der Waals surface area contributed by atoms with Crippen LogP contribution in [0, 0.1) is 0 Å². The van der Waals surface area contributed by atoms with Crippen molar-refractivity contribution >= 4 is 46.8 Å². The molecule has 8 nitrogen and oxygen atoms in total. The Hall–Kier alpha value is -2.73. The van der Waals surface area contributed by atoms with Gasteiger partial charge in [-0.25, -0.2) is 4.98 Å². The Morgan fingerprint density at radius 1 is 1.19 bits per heavy atom. The highest BCUT2D eigenvalue weighted by atomic mass is 35.5. The number of halogens is 3. The number of imidazole rings is 1. The average Bonchev–Trinajstić information content (AvgIpc) is 3.27. The van der Waals surface area contributed by atoms with Crippen LogP contribution in [0.2, 0.25) is 0 Å². The summed E-state index contributed by atoms with van der Waals surface area (Å²) in [5.74, 6) is 0.212. The van der Waals surface area contributed by atoms with Crippen molar-refractivity contribution in [2.45, 2.75) is 64.0 Å². The van der Waals surface area contributed by atoms with Crippen molar-refractivity contribution in [2.24, 2.45) is 0 Å². The summed E-state index contributed by atoms with van der Waals surface area (Å²) in [6.07, 6.45) is 0. The Bertz CT molecular complexity index is 1340. The number of benzene rings is 2. The summed E-state index contributed by atoms with van der Waals surface area (Å²) in [6.45, 7) is 10.8. The molecule has 0 aliphatic carbocycles. The van der Waals surface area contributed by atoms with Crippen LogP contribution in [0.5, 0.6) is 5.75 Å². The monoisotopic (exact) mass is 533 g/mol. The van der Waals surface area contributed by atoms with E-state index in [0.717, 1.165) is 11.3 Å². The lowest BCUT2D eigenvalue weighted by molar-refractivity contribution is -0.0964. The Morgan fingerprint density at radius 3 is 2.46 bits per heavy atom. The number of aromatic nitrogens is 2. The van der Waals surface area contributed by atoms with Crippen LogP contribution in [-0.4, -0.2) is 46.0 Å². The topological polar surface area (TPSA) is 83.8 Å². The van der Waals surface area contributed by atoms with Gasteiger partial charge < -0.3 is 28.7 Å². The highest BCUT2D eigenvalue weighted by Gasteiger charge is 2.52. The van der Waals surface area contributed by atoms with E-state index >= 15 is 0 Å². The third-order valence-electron chi connectivity index (χ3n) is 7.03. The van der Waals surface area contributed by atoms with Crippen LogP contribution >= 0.6 is 11.6 Å². The maximum absolute atomic E-state index is 13.3. The van der Waals surface area contributed by atoms with Gasteiger partial charge >= 0.3 is 12.7 Å². The van der Waals surface area contributed by atoms with Crippen molar-refractivity contribution < 1.29 is 32.4 Å². The lowest BCUT2D eigenvalue weighted by atomic mass is 9.77. The predicted octanol–water partition coefficient (Wildman–Crippen LogP) is 4.85. The maximum atomic E-state index is 13.3. The molecule has 1 aromatic heterocycles. The number of carbonyl (C=O) groups excluding carboxylic acids is 1. The van der Waals surface area contributed by atoms with Gasteiger partial charge in [-0.05, 0) is 71.0 Å². The summed E-state index contributed by atoms with van der Waals surface area (Å²) in [7, 11) is -0.718. The van der Waals surface area contributed by atoms with Crippen LogP contribution in [0.4, 0.5) is 14.5 Å². The second-order valence-corrected chi connectivity index (χ2v) is 10.7. The third kappa shape index (κ3) is 4.93. The summed E-state index contributed by atoms with van der Waals surface area (Å²) >= 11 is 4.81. The second kappa shape index (κ2) is 8.94. The molecule has 1 saturated heterocycles. The van der Waals surface area contributed by atoms with E-state index in [9.17, 15) is 13.6 Å². The van der Waals surface area contributed by atoms with Crippen molar-refractivity contribution in [3.05, 3.63) is 47.8 Å². The quantitative estimate of drug-likeness (QED) is 0.373. The van der Waals surface area contributed by atoms with Gasteiger partial charge in [-0.2, -0.15) is 0 Å². The number of ether oxygens (including phenoxy) is 2. The van der Waals surface area contributed by atoms with Gasteiger partial charge in [-0.15, -0.1) is 8.78 Å². The Kier molecular flexibility index (Phi) is 6.26. The van der Waals surface area contributed by atoms with Crippen molar-refractivity contribution in [1.82, 2.24) is 9.55 Å². The number of carbonyl (C=O) groups is 1. The number of hydrogen-bond donors (Lipinski definition) is 1. The number of rotatable bonds is 5. The highest BCUT2D eigenvalue weighted by molar-refractivity contribution is 6.65. The molecule has 1 N–H and O–H groups in total. The molecule has 2 aliphatic rings. The van der Waals surface area contributed by atoms with Crippen LogP contribution < -0.4 is 15.5 Å². The van der Waals surface area contributed by atoms with Gasteiger partial charge in [0, 0.05) is 28.3 Å². The van der Waals surface area contributed by atoms with Crippen LogP contribution in [0.3, 0.4) is 0 Å². The van der Waals surface area contributed by atoms with E-state index in [0.29, 0.717) is 35.4 Å². The first-order valence-electron chi connectivity index (χ1n) is 11.9. The van der Waals surface area contributed by atoms with E-state index < -0.39 is 29.8 Å². The first kappa shape index (κ1) is 25.9. The summed E-state index contributed by atoms with van der Waals surface area (Å²) in [5.41, 5.74) is -2.09. The summed E-state index contributed by atoms with van der Waals surface area (Å²) in [6, 6.07) is 8.96. The van der Waals surface area contributed by atoms with Gasteiger partial charge in [0.1, 0.15) is 18.2 Å². The molecular weight excluding hydrogens is 507 g/mol. The molecule has 0 saturated carbocycles. The average molecular weight is 534 g/mol. The first-order chi connectivity index (χ1) is 17.2. The Morgan fingerprint density at radius 2 is 1.84 bits per heavy atom. The minimum atomic E-state index is -3.82. The minimum absolute atomic E-state index is 0.0377. The fraction of sp³-hybridized carbons (Fsp3) is 0.440. The van der Waals surface area contributed by atoms with Crippen molar-refractivity contribution in [2.75, 3.05) is 11.9 Å². The molecule has 3 heterocycles. The zero-order valence-electron chi connectivity index (χ0n) is 21.1. The molecule has 1 amide bonds. The highest BCUT2D eigenvalue weighted by Crippen LogP contribution is 2.38. The standard InChI is InChI=1S/C25H27BClF2N3O5/c1-14-12-34-13-20-31-19-11-15(22(33)30-16-6-8-17(9-7-16)35-25(27,28)29)10-18(21(19)32(14)20)26-36-23(2,3)24(4,5)37-26/h6-11,14H,12-13H2,1-5H3,(H,30,33). The molecule has 0 spiro atoms. The largest absolute Gasteiger partial charge is 0.497 e. The van der Waals surface area contributed by atoms with E-state index in [2.05, 4.69) is 14.6 Å². The molecule has 2 aliphatic heterocycles.